The highest BCUT2D eigenvalue weighted by Gasteiger charge is 2.10. The van der Waals surface area contributed by atoms with Crippen LogP contribution in [0.15, 0.2) is 53.3 Å². The topological polar surface area (TPSA) is 34.0 Å². The predicted octanol–water partition coefficient (Wildman–Crippen LogP) is 2.95. The van der Waals surface area contributed by atoms with Crippen molar-refractivity contribution in [3.8, 4) is 0 Å². The van der Waals surface area contributed by atoms with E-state index in [9.17, 15) is 4.79 Å². The molecule has 0 saturated carbocycles. The summed E-state index contributed by atoms with van der Waals surface area (Å²) in [5.74, 6) is 0. The van der Waals surface area contributed by atoms with E-state index in [1.54, 1.807) is 10.6 Å². The van der Waals surface area contributed by atoms with Crippen LogP contribution in [0.2, 0.25) is 0 Å². The highest BCUT2D eigenvalue weighted by atomic mass is 16.1. The van der Waals surface area contributed by atoms with Crippen molar-refractivity contribution in [1.29, 1.82) is 0 Å². The third-order valence-corrected chi connectivity index (χ3v) is 3.15. The number of fused-ring (bicyclic) bond motifs is 1. The van der Waals surface area contributed by atoms with Crippen LogP contribution in [0.25, 0.3) is 10.9 Å². The molecule has 1 aromatic heterocycles. The molecule has 3 heteroatoms. The Morgan fingerprint density at radius 2 is 1.90 bits per heavy atom. The number of hydrogen-bond acceptors (Lipinski definition) is 2. The minimum atomic E-state index is 0.0145. The quantitative estimate of drug-likeness (QED) is 0.867. The molecule has 3 nitrogen and oxygen atoms in total. The summed E-state index contributed by atoms with van der Waals surface area (Å²) in [7, 11) is 0. The van der Waals surface area contributed by atoms with Gasteiger partial charge in [0.2, 0.25) is 0 Å². The molecular weight excluding hydrogens is 248 g/mol. The molecular formula is C17H22N2O. The molecule has 20 heavy (non-hydrogen) atoms. The number of nitrogens with zero attached hydrogens (tertiary/aromatic N) is 1. The molecule has 1 N–H and O–H groups in total. The Morgan fingerprint density at radius 3 is 2.60 bits per heavy atom. The summed E-state index contributed by atoms with van der Waals surface area (Å²) in [4.78, 5) is 12.1. The monoisotopic (exact) mass is 270 g/mol. The van der Waals surface area contributed by atoms with Crippen LogP contribution in [0.3, 0.4) is 0 Å². The number of benzene rings is 1. The van der Waals surface area contributed by atoms with E-state index in [4.69, 9.17) is 0 Å². The van der Waals surface area contributed by atoms with E-state index in [0.29, 0.717) is 13.1 Å². The van der Waals surface area contributed by atoms with Crippen LogP contribution in [0.5, 0.6) is 0 Å². The Bertz CT molecular complexity index is 677. The molecule has 1 aromatic carbocycles. The van der Waals surface area contributed by atoms with Gasteiger partial charge < -0.3 is 9.88 Å². The van der Waals surface area contributed by atoms with Crippen LogP contribution in [0, 0.1) is 0 Å². The van der Waals surface area contributed by atoms with Gasteiger partial charge in [-0.1, -0.05) is 24.8 Å². The Kier molecular flexibility index (Phi) is 4.09. The lowest BCUT2D eigenvalue weighted by atomic mass is 10.1. The molecule has 106 valence electrons. The Labute approximate surface area is 119 Å². The number of pyridine rings is 1. The Hall–Kier alpha value is -1.87. The average Bonchev–Trinajstić information content (AvgIpc) is 2.39. The van der Waals surface area contributed by atoms with Gasteiger partial charge in [-0.2, -0.15) is 0 Å². The first-order valence-electron chi connectivity index (χ1n) is 6.87. The van der Waals surface area contributed by atoms with Crippen molar-refractivity contribution < 1.29 is 0 Å². The minimum absolute atomic E-state index is 0.0145. The van der Waals surface area contributed by atoms with Crippen molar-refractivity contribution in [3.05, 3.63) is 58.9 Å². The molecule has 2 aromatic rings. The van der Waals surface area contributed by atoms with Crippen molar-refractivity contribution in [2.45, 2.75) is 32.9 Å². The van der Waals surface area contributed by atoms with Gasteiger partial charge in [0.25, 0.3) is 5.56 Å². The molecule has 0 radical (unpaired) electrons. The van der Waals surface area contributed by atoms with Crippen LogP contribution in [-0.2, 0) is 6.54 Å². The van der Waals surface area contributed by atoms with Crippen LogP contribution >= 0.6 is 0 Å². The highest BCUT2D eigenvalue weighted by molar-refractivity contribution is 5.78. The van der Waals surface area contributed by atoms with Gasteiger partial charge >= 0.3 is 0 Å². The van der Waals surface area contributed by atoms with Crippen LogP contribution in [-0.4, -0.2) is 16.7 Å². The number of aromatic nitrogens is 1. The maximum Gasteiger partial charge on any atom is 0.251 e. The maximum atomic E-state index is 12.1. The molecule has 0 fully saturated rings. The third-order valence-electron chi connectivity index (χ3n) is 3.15. The predicted molar refractivity (Wildman–Crippen MR) is 85.1 cm³/mol. The fourth-order valence-corrected chi connectivity index (χ4v) is 2.08. The van der Waals surface area contributed by atoms with Gasteiger partial charge in [0.1, 0.15) is 0 Å². The van der Waals surface area contributed by atoms with Gasteiger partial charge in [-0.15, -0.1) is 0 Å². The standard InChI is InChI=1S/C17H22N2O/c1-13(11-18-17(2,3)4)12-19-15-8-6-5-7-14(15)9-10-16(19)20/h5-10,18H,1,11-12H2,2-4H3. The van der Waals surface area contributed by atoms with E-state index in [1.165, 1.54) is 0 Å². The molecule has 0 aliphatic carbocycles. The van der Waals surface area contributed by atoms with Gasteiger partial charge in [0.15, 0.2) is 0 Å². The van der Waals surface area contributed by atoms with Crippen molar-refractivity contribution in [2.24, 2.45) is 0 Å². The smallest absolute Gasteiger partial charge is 0.251 e. The van der Waals surface area contributed by atoms with E-state index in [2.05, 4.69) is 32.7 Å². The Balaban J connectivity index is 2.23. The second-order valence-corrected chi connectivity index (χ2v) is 6.17. The highest BCUT2D eigenvalue weighted by Crippen LogP contribution is 2.12. The normalized spacial score (nSPS) is 11.8. The fourth-order valence-electron chi connectivity index (χ4n) is 2.08. The lowest BCUT2D eigenvalue weighted by Gasteiger charge is -2.22. The largest absolute Gasteiger partial charge is 0.308 e. The number of hydrogen-bond donors (Lipinski definition) is 1. The van der Waals surface area contributed by atoms with Gasteiger partial charge in [0.05, 0.1) is 5.52 Å². The maximum absolute atomic E-state index is 12.1. The van der Waals surface area contributed by atoms with E-state index in [1.807, 2.05) is 30.3 Å². The van der Waals surface area contributed by atoms with E-state index < -0.39 is 0 Å². The average molecular weight is 270 g/mol. The van der Waals surface area contributed by atoms with Gasteiger partial charge in [-0.25, -0.2) is 0 Å². The van der Waals surface area contributed by atoms with E-state index in [-0.39, 0.29) is 11.1 Å². The summed E-state index contributed by atoms with van der Waals surface area (Å²) in [5, 5.41) is 4.47. The zero-order valence-corrected chi connectivity index (χ0v) is 12.4. The number of rotatable bonds is 4. The first-order chi connectivity index (χ1) is 9.37. The molecule has 0 spiro atoms. The summed E-state index contributed by atoms with van der Waals surface area (Å²) < 4.78 is 1.78. The van der Waals surface area contributed by atoms with Gasteiger partial charge in [0, 0.05) is 24.7 Å². The van der Waals surface area contributed by atoms with Crippen LogP contribution < -0.4 is 10.9 Å². The summed E-state index contributed by atoms with van der Waals surface area (Å²) in [6.07, 6.45) is 0. The van der Waals surface area contributed by atoms with Gasteiger partial charge in [-0.3, -0.25) is 4.79 Å². The van der Waals surface area contributed by atoms with Crippen LogP contribution in [0.4, 0.5) is 0 Å². The van der Waals surface area contributed by atoms with E-state index in [0.717, 1.165) is 16.5 Å². The number of para-hydroxylation sites is 1. The lowest BCUT2D eigenvalue weighted by molar-refractivity contribution is 0.440. The molecule has 0 aliphatic rings. The molecule has 0 atom stereocenters. The Morgan fingerprint density at radius 1 is 1.20 bits per heavy atom. The van der Waals surface area contributed by atoms with Crippen molar-refractivity contribution in [2.75, 3.05) is 6.54 Å². The molecule has 0 aliphatic heterocycles. The summed E-state index contributed by atoms with van der Waals surface area (Å²) in [6.45, 7) is 11.7. The first kappa shape index (κ1) is 14.5. The minimum Gasteiger partial charge on any atom is -0.308 e. The molecule has 0 unspecified atom stereocenters. The lowest BCUT2D eigenvalue weighted by Crippen LogP contribution is -2.37. The molecule has 0 amide bonds. The summed E-state index contributed by atoms with van der Waals surface area (Å²) in [5.41, 5.74) is 2.02. The van der Waals surface area contributed by atoms with E-state index >= 15 is 0 Å². The second-order valence-electron chi connectivity index (χ2n) is 6.17. The first-order valence-corrected chi connectivity index (χ1v) is 6.87. The second kappa shape index (κ2) is 5.63. The SMILES string of the molecule is C=C(CNC(C)(C)C)Cn1c(=O)ccc2ccccc21. The molecule has 0 saturated heterocycles. The van der Waals surface area contributed by atoms with Crippen molar-refractivity contribution >= 4 is 10.9 Å². The zero-order chi connectivity index (χ0) is 14.8. The molecule has 2 rings (SSSR count). The van der Waals surface area contributed by atoms with Crippen LogP contribution in [0.1, 0.15) is 20.8 Å². The van der Waals surface area contributed by atoms with Crippen molar-refractivity contribution in [3.63, 3.8) is 0 Å². The molecule has 1 heterocycles. The van der Waals surface area contributed by atoms with Gasteiger partial charge in [-0.05, 0) is 43.9 Å². The summed E-state index contributed by atoms with van der Waals surface area (Å²) in [6, 6.07) is 11.4. The van der Waals surface area contributed by atoms with Crippen molar-refractivity contribution in [1.82, 2.24) is 9.88 Å². The molecule has 0 bridgehead atoms. The third kappa shape index (κ3) is 3.58. The fraction of sp³-hybridized carbons (Fsp3) is 0.353. The summed E-state index contributed by atoms with van der Waals surface area (Å²) >= 11 is 0. The number of nitrogens with one attached hydrogen (secondary N) is 1. The zero-order valence-electron chi connectivity index (χ0n) is 12.4.